The van der Waals surface area contributed by atoms with Crippen LogP contribution in [0, 0.1) is 5.82 Å². The Kier molecular flexibility index (Phi) is 5.82. The number of halogens is 2. The second kappa shape index (κ2) is 7.84. The summed E-state index contributed by atoms with van der Waals surface area (Å²) in [5.41, 5.74) is 1.11. The number of benzene rings is 2. The molecule has 0 atom stereocenters. The standard InChI is InChI=1S/C18H17ClFNO3/c1-4-5-11-8-12(9-16(23-2)17(11)24-3)18(22)21-15-7-6-13(19)10-14(15)20/h4,6-10H,1,5H2,2-3H3,(H,21,22). The molecule has 2 rings (SSSR count). The van der Waals surface area contributed by atoms with Crippen molar-refractivity contribution in [3.05, 3.63) is 65.0 Å². The Morgan fingerprint density at radius 2 is 2.04 bits per heavy atom. The summed E-state index contributed by atoms with van der Waals surface area (Å²) >= 11 is 5.71. The van der Waals surface area contributed by atoms with Crippen LogP contribution < -0.4 is 14.8 Å². The van der Waals surface area contributed by atoms with Gasteiger partial charge in [0.15, 0.2) is 11.5 Å². The fourth-order valence-electron chi connectivity index (χ4n) is 2.27. The van der Waals surface area contributed by atoms with Gasteiger partial charge in [-0.3, -0.25) is 4.79 Å². The van der Waals surface area contributed by atoms with E-state index in [0.717, 1.165) is 11.6 Å². The highest BCUT2D eigenvalue weighted by Gasteiger charge is 2.16. The number of rotatable bonds is 6. The van der Waals surface area contributed by atoms with Crippen molar-refractivity contribution in [2.24, 2.45) is 0 Å². The number of allylic oxidation sites excluding steroid dienone is 1. The molecule has 0 fully saturated rings. The van der Waals surface area contributed by atoms with Crippen LogP contribution >= 0.6 is 11.6 Å². The molecule has 0 saturated heterocycles. The van der Waals surface area contributed by atoms with Crippen molar-refractivity contribution in [3.63, 3.8) is 0 Å². The molecule has 6 heteroatoms. The van der Waals surface area contributed by atoms with Gasteiger partial charge in [-0.25, -0.2) is 4.39 Å². The van der Waals surface area contributed by atoms with Crippen LogP contribution in [0.1, 0.15) is 15.9 Å². The zero-order valence-corrected chi connectivity index (χ0v) is 14.1. The molecule has 0 aliphatic carbocycles. The first-order valence-electron chi connectivity index (χ1n) is 7.12. The zero-order valence-electron chi connectivity index (χ0n) is 13.4. The predicted octanol–water partition coefficient (Wildman–Crippen LogP) is 4.48. The highest BCUT2D eigenvalue weighted by atomic mass is 35.5. The molecule has 2 aromatic carbocycles. The summed E-state index contributed by atoms with van der Waals surface area (Å²) in [5.74, 6) is -0.129. The number of hydrogen-bond donors (Lipinski definition) is 1. The Balaban J connectivity index is 2.38. The average molecular weight is 350 g/mol. The van der Waals surface area contributed by atoms with E-state index in [1.165, 1.54) is 32.4 Å². The quantitative estimate of drug-likeness (QED) is 0.782. The van der Waals surface area contributed by atoms with Gasteiger partial charge < -0.3 is 14.8 Å². The lowest BCUT2D eigenvalue weighted by Gasteiger charge is -2.14. The van der Waals surface area contributed by atoms with Crippen LogP contribution in [-0.2, 0) is 6.42 Å². The van der Waals surface area contributed by atoms with Crippen LogP contribution in [0.3, 0.4) is 0 Å². The van der Waals surface area contributed by atoms with E-state index in [4.69, 9.17) is 21.1 Å². The molecule has 24 heavy (non-hydrogen) atoms. The maximum absolute atomic E-state index is 13.8. The van der Waals surface area contributed by atoms with E-state index in [1.54, 1.807) is 12.1 Å². The lowest BCUT2D eigenvalue weighted by Crippen LogP contribution is -2.14. The molecule has 126 valence electrons. The Morgan fingerprint density at radius 3 is 2.62 bits per heavy atom. The summed E-state index contributed by atoms with van der Waals surface area (Å²) in [6, 6.07) is 7.23. The van der Waals surface area contributed by atoms with Gasteiger partial charge in [-0.15, -0.1) is 6.58 Å². The van der Waals surface area contributed by atoms with Gasteiger partial charge in [-0.2, -0.15) is 0 Å². The van der Waals surface area contributed by atoms with E-state index in [1.807, 2.05) is 0 Å². The summed E-state index contributed by atoms with van der Waals surface area (Å²) in [6.07, 6.45) is 2.19. The molecule has 1 amide bonds. The number of anilines is 1. The van der Waals surface area contributed by atoms with Crippen molar-refractivity contribution < 1.29 is 18.7 Å². The van der Waals surface area contributed by atoms with Gasteiger partial charge in [0.2, 0.25) is 0 Å². The van der Waals surface area contributed by atoms with E-state index in [-0.39, 0.29) is 10.7 Å². The van der Waals surface area contributed by atoms with Gasteiger partial charge in [0.25, 0.3) is 5.91 Å². The summed E-state index contributed by atoms with van der Waals surface area (Å²) in [7, 11) is 3.00. The van der Waals surface area contributed by atoms with Crippen LogP contribution in [0.4, 0.5) is 10.1 Å². The molecule has 0 aromatic heterocycles. The summed E-state index contributed by atoms with van der Waals surface area (Å²) in [4.78, 5) is 12.4. The van der Waals surface area contributed by atoms with Crippen molar-refractivity contribution in [2.45, 2.75) is 6.42 Å². The van der Waals surface area contributed by atoms with Crippen LogP contribution in [0.2, 0.25) is 5.02 Å². The largest absolute Gasteiger partial charge is 0.493 e. The fourth-order valence-corrected chi connectivity index (χ4v) is 2.43. The van der Waals surface area contributed by atoms with Crippen LogP contribution in [0.15, 0.2) is 43.0 Å². The number of ether oxygens (including phenoxy) is 2. The molecule has 0 aliphatic rings. The number of nitrogens with one attached hydrogen (secondary N) is 1. The number of carbonyl (C=O) groups is 1. The van der Waals surface area contributed by atoms with Gasteiger partial charge in [0.05, 0.1) is 19.9 Å². The van der Waals surface area contributed by atoms with Gasteiger partial charge >= 0.3 is 0 Å². The first-order valence-corrected chi connectivity index (χ1v) is 7.50. The van der Waals surface area contributed by atoms with Crippen LogP contribution in [-0.4, -0.2) is 20.1 Å². The number of amides is 1. The molecule has 0 spiro atoms. The minimum atomic E-state index is -0.609. The highest BCUT2D eigenvalue weighted by Crippen LogP contribution is 2.33. The highest BCUT2D eigenvalue weighted by molar-refractivity contribution is 6.30. The maximum atomic E-state index is 13.8. The Morgan fingerprint density at radius 1 is 1.29 bits per heavy atom. The predicted molar refractivity (Wildman–Crippen MR) is 92.8 cm³/mol. The number of carbonyl (C=O) groups excluding carboxylic acids is 1. The second-order valence-corrected chi connectivity index (χ2v) is 5.38. The van der Waals surface area contributed by atoms with Gasteiger partial charge in [0.1, 0.15) is 5.82 Å². The molecule has 0 saturated carbocycles. The van der Waals surface area contributed by atoms with Gasteiger partial charge in [0, 0.05) is 16.1 Å². The Labute approximate surface area is 144 Å². The SMILES string of the molecule is C=CCc1cc(C(=O)Nc2ccc(Cl)cc2F)cc(OC)c1OC. The minimum absolute atomic E-state index is 0.0458. The van der Waals surface area contributed by atoms with Crippen LogP contribution in [0.25, 0.3) is 0 Å². The first-order chi connectivity index (χ1) is 11.5. The molecular weight excluding hydrogens is 333 g/mol. The normalized spacial score (nSPS) is 10.2. The molecule has 0 bridgehead atoms. The molecule has 2 aromatic rings. The molecule has 0 radical (unpaired) electrons. The van der Waals surface area contributed by atoms with Crippen LogP contribution in [0.5, 0.6) is 11.5 Å². The van der Waals surface area contributed by atoms with Crippen molar-refractivity contribution in [1.29, 1.82) is 0 Å². The molecule has 0 heterocycles. The molecule has 0 unspecified atom stereocenters. The number of methoxy groups -OCH3 is 2. The molecule has 0 aliphatic heterocycles. The lowest BCUT2D eigenvalue weighted by atomic mass is 10.0. The third-order valence-electron chi connectivity index (χ3n) is 3.36. The van der Waals surface area contributed by atoms with Crippen molar-refractivity contribution in [3.8, 4) is 11.5 Å². The van der Waals surface area contributed by atoms with Crippen molar-refractivity contribution in [2.75, 3.05) is 19.5 Å². The first kappa shape index (κ1) is 17.8. The monoisotopic (exact) mass is 349 g/mol. The van der Waals surface area contributed by atoms with Gasteiger partial charge in [-0.1, -0.05) is 17.7 Å². The van der Waals surface area contributed by atoms with Crippen molar-refractivity contribution >= 4 is 23.2 Å². The smallest absolute Gasteiger partial charge is 0.255 e. The lowest BCUT2D eigenvalue weighted by molar-refractivity contribution is 0.102. The second-order valence-electron chi connectivity index (χ2n) is 4.94. The third-order valence-corrected chi connectivity index (χ3v) is 3.60. The summed E-state index contributed by atoms with van der Waals surface area (Å²) < 4.78 is 24.4. The summed E-state index contributed by atoms with van der Waals surface area (Å²) in [6.45, 7) is 3.69. The van der Waals surface area contributed by atoms with E-state index < -0.39 is 11.7 Å². The minimum Gasteiger partial charge on any atom is -0.493 e. The molecule has 4 nitrogen and oxygen atoms in total. The van der Waals surface area contributed by atoms with Gasteiger partial charge in [-0.05, 0) is 36.8 Å². The topological polar surface area (TPSA) is 47.6 Å². The third kappa shape index (κ3) is 3.86. The fraction of sp³-hybridized carbons (Fsp3) is 0.167. The molecule has 1 N–H and O–H groups in total. The zero-order chi connectivity index (χ0) is 17.7. The van der Waals surface area contributed by atoms with E-state index in [2.05, 4.69) is 11.9 Å². The average Bonchev–Trinajstić information content (AvgIpc) is 2.56. The maximum Gasteiger partial charge on any atom is 0.255 e. The Hall–Kier alpha value is -2.53. The molecular formula is C18H17ClFNO3. The summed E-state index contributed by atoms with van der Waals surface area (Å²) in [5, 5.41) is 2.77. The van der Waals surface area contributed by atoms with E-state index >= 15 is 0 Å². The number of hydrogen-bond acceptors (Lipinski definition) is 3. The van der Waals surface area contributed by atoms with E-state index in [9.17, 15) is 9.18 Å². The van der Waals surface area contributed by atoms with E-state index in [0.29, 0.717) is 23.5 Å². The van der Waals surface area contributed by atoms with Crippen molar-refractivity contribution in [1.82, 2.24) is 0 Å². The Bertz CT molecular complexity index is 777.